The van der Waals surface area contributed by atoms with E-state index >= 15 is 0 Å². The Morgan fingerprint density at radius 2 is 1.70 bits per heavy atom. The number of nitrogens with zero attached hydrogens (tertiary/aromatic N) is 2. The summed E-state index contributed by atoms with van der Waals surface area (Å²) in [5.74, 6) is -3.58. The Bertz CT molecular complexity index is 1290. The normalized spacial score (nSPS) is 10.8. The van der Waals surface area contributed by atoms with Crippen LogP contribution in [0.2, 0.25) is 0 Å². The number of carboxylic acids is 2. The van der Waals surface area contributed by atoms with Crippen LogP contribution in [0.3, 0.4) is 0 Å². The molecule has 3 N–H and O–H groups in total. The zero-order valence-electron chi connectivity index (χ0n) is 17.0. The maximum Gasteiger partial charge on any atom is 0.328 e. The lowest BCUT2D eigenvalue weighted by molar-refractivity contribution is -0.134. The van der Waals surface area contributed by atoms with Crippen LogP contribution in [0.1, 0.15) is 10.4 Å². The van der Waals surface area contributed by atoms with Gasteiger partial charge in [-0.3, -0.25) is 9.78 Å². The molecule has 0 bridgehead atoms. The van der Waals surface area contributed by atoms with Crippen molar-refractivity contribution < 1.29 is 37.4 Å². The minimum absolute atomic E-state index is 0.0561. The van der Waals surface area contributed by atoms with E-state index < -0.39 is 33.7 Å². The largest absolute Gasteiger partial charge is 0.478 e. The summed E-state index contributed by atoms with van der Waals surface area (Å²) in [6, 6.07) is 9.97. The zero-order valence-corrected chi connectivity index (χ0v) is 17.9. The Morgan fingerprint density at radius 3 is 2.21 bits per heavy atom. The summed E-state index contributed by atoms with van der Waals surface area (Å²) in [6.07, 6.45) is 4.93. The fraction of sp³-hybridized carbons (Fsp3) is 0.0476. The number of halogens is 1. The van der Waals surface area contributed by atoms with Crippen molar-refractivity contribution in [3.63, 3.8) is 0 Å². The van der Waals surface area contributed by atoms with Crippen molar-refractivity contribution in [2.75, 3.05) is 7.05 Å². The van der Waals surface area contributed by atoms with E-state index in [1.54, 1.807) is 6.07 Å². The first-order valence-corrected chi connectivity index (χ1v) is 10.5. The van der Waals surface area contributed by atoms with Crippen molar-refractivity contribution in [1.29, 1.82) is 0 Å². The van der Waals surface area contributed by atoms with Crippen LogP contribution in [0.15, 0.2) is 78.1 Å². The van der Waals surface area contributed by atoms with Gasteiger partial charge in [0.25, 0.3) is 15.9 Å². The number of carboxylic acid groups (broad SMARTS) is 2. The number of pyridine rings is 1. The zero-order chi connectivity index (χ0) is 24.6. The van der Waals surface area contributed by atoms with Gasteiger partial charge < -0.3 is 15.5 Å². The molecule has 0 fully saturated rings. The van der Waals surface area contributed by atoms with E-state index in [0.29, 0.717) is 12.2 Å². The first-order chi connectivity index (χ1) is 15.6. The van der Waals surface area contributed by atoms with Gasteiger partial charge in [0.2, 0.25) is 0 Å². The minimum atomic E-state index is -4.05. The number of benzene rings is 1. The highest BCUT2D eigenvalue weighted by Crippen LogP contribution is 2.28. The Balaban J connectivity index is 0.000000414. The van der Waals surface area contributed by atoms with Crippen LogP contribution in [0.4, 0.5) is 4.39 Å². The molecule has 0 radical (unpaired) electrons. The number of amides is 1. The van der Waals surface area contributed by atoms with E-state index in [0.717, 1.165) is 3.97 Å². The molecule has 1 amide bonds. The van der Waals surface area contributed by atoms with Crippen molar-refractivity contribution in [2.45, 2.75) is 4.90 Å². The Morgan fingerprint density at radius 1 is 1.06 bits per heavy atom. The lowest BCUT2D eigenvalue weighted by atomic mass is 10.1. The number of carbonyl (C=O) groups is 3. The van der Waals surface area contributed by atoms with Crippen molar-refractivity contribution in [3.8, 4) is 11.3 Å². The molecule has 3 aromatic rings. The van der Waals surface area contributed by atoms with Crippen LogP contribution >= 0.6 is 0 Å². The average Bonchev–Trinajstić information content (AvgIpc) is 3.24. The third-order valence-electron chi connectivity index (χ3n) is 3.98. The number of aromatic nitrogens is 2. The second-order valence-corrected chi connectivity index (χ2v) is 7.99. The number of rotatable bonds is 6. The van der Waals surface area contributed by atoms with Crippen molar-refractivity contribution in [2.24, 2.45) is 0 Å². The van der Waals surface area contributed by atoms with Crippen LogP contribution < -0.4 is 5.32 Å². The highest BCUT2D eigenvalue weighted by molar-refractivity contribution is 7.90. The lowest BCUT2D eigenvalue weighted by Gasteiger charge is -2.10. The van der Waals surface area contributed by atoms with Crippen LogP contribution in [-0.2, 0) is 19.6 Å². The lowest BCUT2D eigenvalue weighted by Crippen LogP contribution is -2.17. The van der Waals surface area contributed by atoms with Gasteiger partial charge >= 0.3 is 11.9 Å². The minimum Gasteiger partial charge on any atom is -0.478 e. The maximum atomic E-state index is 14.2. The van der Waals surface area contributed by atoms with Gasteiger partial charge in [0.1, 0.15) is 10.7 Å². The van der Waals surface area contributed by atoms with Gasteiger partial charge in [0.15, 0.2) is 0 Å². The highest BCUT2D eigenvalue weighted by Gasteiger charge is 2.24. The topological polar surface area (TPSA) is 156 Å². The molecule has 0 unspecified atom stereocenters. The second-order valence-electron chi connectivity index (χ2n) is 6.17. The fourth-order valence-electron chi connectivity index (χ4n) is 2.53. The van der Waals surface area contributed by atoms with Crippen molar-refractivity contribution in [1.82, 2.24) is 14.3 Å². The molecule has 1 aromatic carbocycles. The molecular formula is C21H18FN3O7S. The summed E-state index contributed by atoms with van der Waals surface area (Å²) in [5, 5.41) is 18.1. The Kier molecular flexibility index (Phi) is 8.18. The van der Waals surface area contributed by atoms with Gasteiger partial charge in [-0.1, -0.05) is 12.1 Å². The van der Waals surface area contributed by atoms with Crippen LogP contribution in [0.5, 0.6) is 0 Å². The predicted molar refractivity (Wildman–Crippen MR) is 114 cm³/mol. The average molecular weight is 475 g/mol. The van der Waals surface area contributed by atoms with Crippen LogP contribution in [-0.4, -0.2) is 52.5 Å². The maximum absolute atomic E-state index is 14.2. The van der Waals surface area contributed by atoms with Gasteiger partial charge in [-0.15, -0.1) is 0 Å². The number of aliphatic carboxylic acids is 2. The molecule has 2 aromatic heterocycles. The second kappa shape index (κ2) is 10.8. The molecule has 0 spiro atoms. The fourth-order valence-corrected chi connectivity index (χ4v) is 3.87. The molecule has 10 nitrogen and oxygen atoms in total. The van der Waals surface area contributed by atoms with Gasteiger partial charge in [-0.05, 0) is 30.3 Å². The molecule has 172 valence electrons. The molecule has 0 saturated carbocycles. The predicted octanol–water partition coefficient (Wildman–Crippen LogP) is 2.00. The van der Waals surface area contributed by atoms with Crippen LogP contribution in [0.25, 0.3) is 11.3 Å². The Labute approximate surface area is 187 Å². The first kappa shape index (κ1) is 24.9. The molecule has 12 heteroatoms. The molecule has 0 aliphatic heterocycles. The molecule has 0 saturated heterocycles. The highest BCUT2D eigenvalue weighted by atomic mass is 32.2. The SMILES string of the molecule is CNC(=O)c1cc(-c2ccccc2F)n(S(=O)(=O)c2cccnc2)c1.O=C(O)/C=C/C(=O)O. The summed E-state index contributed by atoms with van der Waals surface area (Å²) in [5.41, 5.74) is 0.235. The molecule has 2 heterocycles. The Hall–Kier alpha value is -4.32. The number of nitrogens with one attached hydrogen (secondary N) is 1. The summed E-state index contributed by atoms with van der Waals surface area (Å²) >= 11 is 0. The van der Waals surface area contributed by atoms with Gasteiger partial charge in [0.05, 0.1) is 11.3 Å². The van der Waals surface area contributed by atoms with Gasteiger partial charge in [0, 0.05) is 43.4 Å². The molecule has 0 atom stereocenters. The molecular weight excluding hydrogens is 457 g/mol. The molecule has 33 heavy (non-hydrogen) atoms. The smallest absolute Gasteiger partial charge is 0.328 e. The first-order valence-electron chi connectivity index (χ1n) is 9.06. The van der Waals surface area contributed by atoms with E-state index in [1.165, 1.54) is 62.0 Å². The summed E-state index contributed by atoms with van der Waals surface area (Å²) in [4.78, 5) is 34.8. The monoisotopic (exact) mass is 475 g/mol. The number of hydrogen-bond acceptors (Lipinski definition) is 6. The number of carbonyl (C=O) groups excluding carboxylic acids is 1. The van der Waals surface area contributed by atoms with E-state index in [9.17, 15) is 27.2 Å². The van der Waals surface area contributed by atoms with E-state index in [1.807, 2.05) is 0 Å². The standard InChI is InChI=1S/C17H14FN3O3S.C4H4O4/c1-19-17(22)12-9-16(14-6-2-3-7-15(14)18)21(11-12)25(23,24)13-5-4-8-20-10-13;5-3(6)1-2-4(7)8/h2-11H,1H3,(H,19,22);1-2H,(H,5,6)(H,7,8)/b;2-1+. The molecule has 0 aliphatic carbocycles. The number of hydrogen-bond donors (Lipinski definition) is 3. The third-order valence-corrected chi connectivity index (χ3v) is 5.64. The van der Waals surface area contributed by atoms with Gasteiger partial charge in [-0.2, -0.15) is 0 Å². The van der Waals surface area contributed by atoms with Crippen molar-refractivity contribution >= 4 is 27.9 Å². The van der Waals surface area contributed by atoms with E-state index in [2.05, 4.69) is 10.3 Å². The van der Waals surface area contributed by atoms with Crippen LogP contribution in [0, 0.1) is 5.82 Å². The van der Waals surface area contributed by atoms with Gasteiger partial charge in [-0.25, -0.2) is 26.4 Å². The third kappa shape index (κ3) is 6.33. The molecule has 0 aliphatic rings. The van der Waals surface area contributed by atoms with E-state index in [4.69, 9.17) is 10.2 Å². The molecule has 3 rings (SSSR count). The van der Waals surface area contributed by atoms with E-state index in [-0.39, 0.29) is 21.7 Å². The summed E-state index contributed by atoms with van der Waals surface area (Å²) in [6.45, 7) is 0. The van der Waals surface area contributed by atoms with Crippen molar-refractivity contribution in [3.05, 3.63) is 84.6 Å². The summed E-state index contributed by atoms with van der Waals surface area (Å²) in [7, 11) is -2.62. The quantitative estimate of drug-likeness (QED) is 0.457. The summed E-state index contributed by atoms with van der Waals surface area (Å²) < 4.78 is 41.0.